The second kappa shape index (κ2) is 14.5. The van der Waals surface area contributed by atoms with Crippen molar-refractivity contribution >= 4 is 18.3 Å². The minimum atomic E-state index is -0.634. The zero-order valence-electron chi connectivity index (χ0n) is 20.3. The van der Waals surface area contributed by atoms with Crippen molar-refractivity contribution in [2.75, 3.05) is 20.8 Å². The molecule has 2 N–H and O–H groups in total. The number of benzene rings is 1. The van der Waals surface area contributed by atoms with E-state index in [9.17, 15) is 14.4 Å². The number of unbranched alkanes of at least 4 members (excludes halogenated alkanes) is 2. The van der Waals surface area contributed by atoms with Crippen molar-refractivity contribution in [3.63, 3.8) is 0 Å². The first kappa shape index (κ1) is 27.4. The number of hydrogen-bond acceptors (Lipinski definition) is 6. The Morgan fingerprint density at radius 2 is 1.91 bits per heavy atom. The molecule has 8 nitrogen and oxygen atoms in total. The molecule has 0 aliphatic rings. The highest BCUT2D eigenvalue weighted by Gasteiger charge is 2.33. The summed E-state index contributed by atoms with van der Waals surface area (Å²) >= 11 is 0. The molecule has 0 saturated heterocycles. The fraction of sp³-hybridized carbons (Fsp3) is 0.625. The van der Waals surface area contributed by atoms with Crippen molar-refractivity contribution in [2.45, 2.75) is 71.8 Å². The molecule has 1 aromatic rings. The van der Waals surface area contributed by atoms with Crippen molar-refractivity contribution in [3.05, 3.63) is 29.3 Å². The molecule has 0 aliphatic carbocycles. The lowest BCUT2D eigenvalue weighted by atomic mass is 9.90. The van der Waals surface area contributed by atoms with Crippen LogP contribution in [0.4, 0.5) is 0 Å². The Labute approximate surface area is 192 Å². The molecule has 1 rings (SSSR count). The van der Waals surface area contributed by atoms with Crippen molar-refractivity contribution in [1.82, 2.24) is 15.7 Å². The van der Waals surface area contributed by atoms with Gasteiger partial charge in [0.15, 0.2) is 0 Å². The molecule has 0 aliphatic heterocycles. The smallest absolute Gasteiger partial charge is 0.363 e. The van der Waals surface area contributed by atoms with E-state index in [-0.39, 0.29) is 11.8 Å². The third-order valence-corrected chi connectivity index (χ3v) is 5.50. The molecule has 2 unspecified atom stereocenters. The van der Waals surface area contributed by atoms with Gasteiger partial charge in [0.2, 0.25) is 12.3 Å². The van der Waals surface area contributed by atoms with Gasteiger partial charge in [0.1, 0.15) is 5.75 Å². The molecular formula is C24H39N3O5. The van der Waals surface area contributed by atoms with Crippen LogP contribution >= 0.6 is 0 Å². The standard InChI is InChI=1S/C24H39N3O5/c1-7-9-10-11-20(23(29)26-15-25-5)22(8-2)27(16-28)32-24(30)19-13-12-18(31-6)14-21(19)17(3)4/h12-14,16-17,20,22,25H,7-11,15H2,1-6H3,(H,26,29). The summed E-state index contributed by atoms with van der Waals surface area (Å²) in [6.45, 7) is 8.22. The number of hydrogen-bond donors (Lipinski definition) is 2. The van der Waals surface area contributed by atoms with Gasteiger partial charge in [-0.3, -0.25) is 9.59 Å². The van der Waals surface area contributed by atoms with Gasteiger partial charge in [-0.15, -0.1) is 0 Å². The molecule has 0 aromatic heterocycles. The van der Waals surface area contributed by atoms with Gasteiger partial charge in [-0.1, -0.05) is 47.0 Å². The maximum Gasteiger partial charge on any atom is 0.363 e. The van der Waals surface area contributed by atoms with Gasteiger partial charge < -0.3 is 20.2 Å². The van der Waals surface area contributed by atoms with Gasteiger partial charge in [0.25, 0.3) is 0 Å². The Morgan fingerprint density at radius 1 is 1.19 bits per heavy atom. The van der Waals surface area contributed by atoms with Crippen LogP contribution in [0.2, 0.25) is 0 Å². The van der Waals surface area contributed by atoms with Crippen LogP contribution in [0, 0.1) is 5.92 Å². The maximum atomic E-state index is 13.0. The Morgan fingerprint density at radius 3 is 2.44 bits per heavy atom. The summed E-state index contributed by atoms with van der Waals surface area (Å²) in [5, 5.41) is 6.72. The lowest BCUT2D eigenvalue weighted by molar-refractivity contribution is -0.171. The van der Waals surface area contributed by atoms with E-state index >= 15 is 0 Å². The summed E-state index contributed by atoms with van der Waals surface area (Å²) in [7, 11) is 3.31. The Bertz CT molecular complexity index is 738. The number of carbonyl (C=O) groups is 3. The number of amides is 2. The molecule has 2 atom stereocenters. The molecule has 1 aromatic carbocycles. The fourth-order valence-electron chi connectivity index (χ4n) is 3.70. The van der Waals surface area contributed by atoms with Crippen LogP contribution in [0.25, 0.3) is 0 Å². The average Bonchev–Trinajstić information content (AvgIpc) is 2.80. The van der Waals surface area contributed by atoms with Crippen LogP contribution < -0.4 is 15.4 Å². The van der Waals surface area contributed by atoms with E-state index in [0.717, 1.165) is 29.9 Å². The molecule has 0 spiro atoms. The Hall–Kier alpha value is -2.61. The van der Waals surface area contributed by atoms with Crippen LogP contribution in [-0.4, -0.2) is 50.2 Å². The van der Waals surface area contributed by atoms with Crippen LogP contribution in [0.5, 0.6) is 5.75 Å². The van der Waals surface area contributed by atoms with Crippen molar-refractivity contribution in [2.24, 2.45) is 5.92 Å². The van der Waals surface area contributed by atoms with Crippen molar-refractivity contribution in [3.8, 4) is 5.75 Å². The average molecular weight is 450 g/mol. The minimum absolute atomic E-state index is 0.0495. The van der Waals surface area contributed by atoms with E-state index in [1.807, 2.05) is 20.8 Å². The van der Waals surface area contributed by atoms with E-state index in [1.165, 1.54) is 0 Å². The molecule has 0 radical (unpaired) electrons. The molecule has 0 saturated carbocycles. The molecule has 0 fully saturated rings. The van der Waals surface area contributed by atoms with Crippen LogP contribution in [-0.2, 0) is 14.4 Å². The Balaban J connectivity index is 3.14. The van der Waals surface area contributed by atoms with Gasteiger partial charge in [-0.2, -0.15) is 5.06 Å². The number of methoxy groups -OCH3 is 1. The second-order valence-corrected chi connectivity index (χ2v) is 8.10. The number of nitrogens with zero attached hydrogens (tertiary/aromatic N) is 1. The van der Waals surface area contributed by atoms with Gasteiger partial charge >= 0.3 is 5.97 Å². The molecule has 0 heterocycles. The molecule has 32 heavy (non-hydrogen) atoms. The largest absolute Gasteiger partial charge is 0.497 e. The lowest BCUT2D eigenvalue weighted by Crippen LogP contribution is -2.48. The highest BCUT2D eigenvalue weighted by Crippen LogP contribution is 2.27. The van der Waals surface area contributed by atoms with Gasteiger partial charge in [0.05, 0.1) is 31.3 Å². The lowest BCUT2D eigenvalue weighted by Gasteiger charge is -2.32. The normalized spacial score (nSPS) is 12.7. The monoisotopic (exact) mass is 449 g/mol. The minimum Gasteiger partial charge on any atom is -0.497 e. The number of nitrogens with one attached hydrogen (secondary N) is 2. The van der Waals surface area contributed by atoms with E-state index in [0.29, 0.717) is 37.2 Å². The highest BCUT2D eigenvalue weighted by molar-refractivity contribution is 5.92. The van der Waals surface area contributed by atoms with E-state index in [1.54, 1.807) is 32.4 Å². The predicted octanol–water partition coefficient (Wildman–Crippen LogP) is 3.62. The second-order valence-electron chi connectivity index (χ2n) is 8.10. The van der Waals surface area contributed by atoms with E-state index in [2.05, 4.69) is 17.6 Å². The number of hydroxylamine groups is 2. The van der Waals surface area contributed by atoms with Gasteiger partial charge in [-0.25, -0.2) is 4.79 Å². The van der Waals surface area contributed by atoms with Crippen molar-refractivity contribution < 1.29 is 24.0 Å². The van der Waals surface area contributed by atoms with Crippen LogP contribution in [0.15, 0.2) is 18.2 Å². The van der Waals surface area contributed by atoms with E-state index in [4.69, 9.17) is 9.57 Å². The SMILES string of the molecule is CCCCCC(C(=O)NCNC)C(CC)N(C=O)OC(=O)c1ccc(OC)cc1C(C)C. The third kappa shape index (κ3) is 7.82. The molecule has 180 valence electrons. The summed E-state index contributed by atoms with van der Waals surface area (Å²) in [4.78, 5) is 43.3. The van der Waals surface area contributed by atoms with Crippen LogP contribution in [0.3, 0.4) is 0 Å². The topological polar surface area (TPSA) is 97.0 Å². The summed E-state index contributed by atoms with van der Waals surface area (Å²) in [5.74, 6) is -0.602. The van der Waals surface area contributed by atoms with Crippen molar-refractivity contribution in [1.29, 1.82) is 0 Å². The first-order valence-corrected chi connectivity index (χ1v) is 11.4. The molecule has 0 bridgehead atoms. The van der Waals surface area contributed by atoms with Crippen LogP contribution in [0.1, 0.15) is 81.6 Å². The summed E-state index contributed by atoms with van der Waals surface area (Å²) in [6, 6.07) is 4.55. The molecule has 8 heteroatoms. The molecular weight excluding hydrogens is 410 g/mol. The molecule has 2 amide bonds. The third-order valence-electron chi connectivity index (χ3n) is 5.50. The zero-order valence-corrected chi connectivity index (χ0v) is 20.3. The first-order chi connectivity index (χ1) is 15.3. The summed E-state index contributed by atoms with van der Waals surface area (Å²) in [5.41, 5.74) is 1.13. The first-order valence-electron chi connectivity index (χ1n) is 11.4. The summed E-state index contributed by atoms with van der Waals surface area (Å²) in [6.07, 6.45) is 4.41. The van der Waals surface area contributed by atoms with E-state index < -0.39 is 17.9 Å². The zero-order chi connectivity index (χ0) is 24.1. The summed E-state index contributed by atoms with van der Waals surface area (Å²) < 4.78 is 5.27. The Kier molecular flexibility index (Phi) is 12.4. The quantitative estimate of drug-likeness (QED) is 0.184. The maximum absolute atomic E-state index is 13.0. The number of rotatable bonds is 15. The van der Waals surface area contributed by atoms with Gasteiger partial charge in [-0.05, 0) is 49.6 Å². The van der Waals surface area contributed by atoms with Gasteiger partial charge in [0, 0.05) is 0 Å². The number of ether oxygens (including phenoxy) is 1. The number of carbonyl (C=O) groups excluding carboxylic acids is 3. The highest BCUT2D eigenvalue weighted by atomic mass is 16.7. The predicted molar refractivity (Wildman–Crippen MR) is 124 cm³/mol. The fourth-order valence-corrected chi connectivity index (χ4v) is 3.70.